The minimum absolute atomic E-state index is 0.237. The molecule has 1 rings (SSSR count). The van der Waals surface area contributed by atoms with Gasteiger partial charge in [-0.15, -0.1) is 0 Å². The van der Waals surface area contributed by atoms with Crippen molar-refractivity contribution in [3.05, 3.63) is 30.1 Å². The molecule has 0 aliphatic heterocycles. The van der Waals surface area contributed by atoms with Crippen LogP contribution in [-0.4, -0.2) is 35.5 Å². The zero-order chi connectivity index (χ0) is 12.2. The van der Waals surface area contributed by atoms with Crippen molar-refractivity contribution in [1.82, 2.24) is 9.88 Å². The van der Waals surface area contributed by atoms with Crippen molar-refractivity contribution in [1.29, 1.82) is 0 Å². The molecule has 0 spiro atoms. The maximum Gasteiger partial charge on any atom is 0.325 e. The zero-order valence-corrected chi connectivity index (χ0v) is 10.2. The molecule has 16 heavy (non-hydrogen) atoms. The van der Waals surface area contributed by atoms with Crippen molar-refractivity contribution < 1.29 is 9.53 Å². The van der Waals surface area contributed by atoms with Crippen LogP contribution in [0.3, 0.4) is 0 Å². The van der Waals surface area contributed by atoms with Crippen LogP contribution in [0.15, 0.2) is 24.5 Å². The van der Waals surface area contributed by atoms with Gasteiger partial charge in [0.15, 0.2) is 0 Å². The first-order valence-corrected chi connectivity index (χ1v) is 5.17. The average Bonchev–Trinajstić information content (AvgIpc) is 2.29. The number of hydrogen-bond donors (Lipinski definition) is 0. The molecule has 0 aliphatic rings. The first-order valence-electron chi connectivity index (χ1n) is 5.17. The molecular formula is C12H18N2O2. The Balaban J connectivity index is 2.72. The van der Waals surface area contributed by atoms with Gasteiger partial charge < -0.3 is 4.74 Å². The fourth-order valence-corrected chi connectivity index (χ4v) is 1.37. The van der Waals surface area contributed by atoms with E-state index >= 15 is 0 Å². The standard InChI is InChI=1S/C12H18N2O2/c1-12(2,11(15)16-4)14(3)9-10-6-5-7-13-8-10/h5-8H,9H2,1-4H3. The number of rotatable bonds is 4. The molecule has 4 heteroatoms. The maximum absolute atomic E-state index is 11.6. The van der Waals surface area contributed by atoms with E-state index in [1.165, 1.54) is 7.11 Å². The summed E-state index contributed by atoms with van der Waals surface area (Å²) in [5.41, 5.74) is 0.437. The number of ether oxygens (including phenoxy) is 1. The molecule has 0 bridgehead atoms. The number of aromatic nitrogens is 1. The summed E-state index contributed by atoms with van der Waals surface area (Å²) >= 11 is 0. The van der Waals surface area contributed by atoms with Gasteiger partial charge in [-0.25, -0.2) is 0 Å². The second-order valence-electron chi connectivity index (χ2n) is 4.27. The lowest BCUT2D eigenvalue weighted by Gasteiger charge is -2.32. The van der Waals surface area contributed by atoms with E-state index in [-0.39, 0.29) is 5.97 Å². The first kappa shape index (κ1) is 12.6. The van der Waals surface area contributed by atoms with Gasteiger partial charge in [-0.1, -0.05) is 6.07 Å². The highest BCUT2D eigenvalue weighted by atomic mass is 16.5. The van der Waals surface area contributed by atoms with Crippen molar-refractivity contribution in [2.75, 3.05) is 14.2 Å². The lowest BCUT2D eigenvalue weighted by molar-refractivity contribution is -0.152. The molecule has 1 aromatic heterocycles. The summed E-state index contributed by atoms with van der Waals surface area (Å²) in [6, 6.07) is 3.87. The molecule has 1 aromatic rings. The van der Waals surface area contributed by atoms with E-state index in [4.69, 9.17) is 4.74 Å². The van der Waals surface area contributed by atoms with Gasteiger partial charge in [0.25, 0.3) is 0 Å². The Bertz CT molecular complexity index is 349. The summed E-state index contributed by atoms with van der Waals surface area (Å²) in [5, 5.41) is 0. The zero-order valence-electron chi connectivity index (χ0n) is 10.2. The summed E-state index contributed by atoms with van der Waals surface area (Å²) in [4.78, 5) is 17.6. The Morgan fingerprint density at radius 1 is 1.56 bits per heavy atom. The molecular weight excluding hydrogens is 204 g/mol. The average molecular weight is 222 g/mol. The molecule has 0 unspecified atom stereocenters. The normalized spacial score (nSPS) is 11.6. The van der Waals surface area contributed by atoms with Crippen LogP contribution in [0.4, 0.5) is 0 Å². The predicted molar refractivity (Wildman–Crippen MR) is 61.8 cm³/mol. The first-order chi connectivity index (χ1) is 7.48. The highest BCUT2D eigenvalue weighted by molar-refractivity contribution is 5.79. The van der Waals surface area contributed by atoms with Crippen molar-refractivity contribution in [3.63, 3.8) is 0 Å². The fourth-order valence-electron chi connectivity index (χ4n) is 1.37. The van der Waals surface area contributed by atoms with Crippen LogP contribution in [0.2, 0.25) is 0 Å². The number of pyridine rings is 1. The Hall–Kier alpha value is -1.42. The van der Waals surface area contributed by atoms with Gasteiger partial charge in [-0.05, 0) is 32.5 Å². The van der Waals surface area contributed by atoms with Crippen LogP contribution < -0.4 is 0 Å². The SMILES string of the molecule is COC(=O)C(C)(C)N(C)Cc1cccnc1. The summed E-state index contributed by atoms with van der Waals surface area (Å²) < 4.78 is 4.78. The van der Waals surface area contributed by atoms with Gasteiger partial charge in [0.1, 0.15) is 5.54 Å². The Labute approximate surface area is 96.2 Å². The van der Waals surface area contributed by atoms with Gasteiger partial charge in [0, 0.05) is 18.9 Å². The lowest BCUT2D eigenvalue weighted by atomic mass is 10.0. The van der Waals surface area contributed by atoms with Gasteiger partial charge in [0.2, 0.25) is 0 Å². The van der Waals surface area contributed by atoms with Gasteiger partial charge >= 0.3 is 5.97 Å². The molecule has 1 heterocycles. The van der Waals surface area contributed by atoms with Crippen molar-refractivity contribution in [2.24, 2.45) is 0 Å². The van der Waals surface area contributed by atoms with Crippen LogP contribution in [0.1, 0.15) is 19.4 Å². The molecule has 0 saturated carbocycles. The molecule has 0 aliphatic carbocycles. The lowest BCUT2D eigenvalue weighted by Crippen LogP contribution is -2.48. The third kappa shape index (κ3) is 2.79. The smallest absolute Gasteiger partial charge is 0.325 e. The summed E-state index contributed by atoms with van der Waals surface area (Å²) in [7, 11) is 3.30. The fraction of sp³-hybridized carbons (Fsp3) is 0.500. The molecule has 88 valence electrons. The number of nitrogens with zero attached hydrogens (tertiary/aromatic N) is 2. The van der Waals surface area contributed by atoms with Crippen LogP contribution >= 0.6 is 0 Å². The van der Waals surface area contributed by atoms with Crippen LogP contribution in [0.25, 0.3) is 0 Å². The van der Waals surface area contributed by atoms with E-state index in [1.807, 2.05) is 37.9 Å². The Kier molecular flexibility index (Phi) is 4.01. The number of esters is 1. The summed E-state index contributed by atoms with van der Waals surface area (Å²) in [6.07, 6.45) is 3.53. The second-order valence-corrected chi connectivity index (χ2v) is 4.27. The molecule has 0 N–H and O–H groups in total. The summed E-state index contributed by atoms with van der Waals surface area (Å²) in [6.45, 7) is 4.35. The van der Waals surface area contributed by atoms with E-state index in [0.29, 0.717) is 6.54 Å². The predicted octanol–water partition coefficient (Wildman–Crippen LogP) is 1.47. The quantitative estimate of drug-likeness (QED) is 0.723. The third-order valence-electron chi connectivity index (χ3n) is 2.78. The molecule has 0 atom stereocenters. The van der Waals surface area contributed by atoms with E-state index < -0.39 is 5.54 Å². The van der Waals surface area contributed by atoms with Crippen molar-refractivity contribution in [2.45, 2.75) is 25.9 Å². The van der Waals surface area contributed by atoms with Crippen LogP contribution in [-0.2, 0) is 16.1 Å². The van der Waals surface area contributed by atoms with E-state index in [1.54, 1.807) is 12.4 Å². The second kappa shape index (κ2) is 5.07. The molecule has 0 radical (unpaired) electrons. The Morgan fingerprint density at radius 3 is 2.75 bits per heavy atom. The van der Waals surface area contributed by atoms with E-state index in [9.17, 15) is 4.79 Å². The van der Waals surface area contributed by atoms with Crippen LogP contribution in [0.5, 0.6) is 0 Å². The Morgan fingerprint density at radius 2 is 2.25 bits per heavy atom. The van der Waals surface area contributed by atoms with Crippen molar-refractivity contribution in [3.8, 4) is 0 Å². The minimum atomic E-state index is -0.634. The molecule has 0 saturated heterocycles. The highest BCUT2D eigenvalue weighted by Gasteiger charge is 2.33. The van der Waals surface area contributed by atoms with E-state index in [2.05, 4.69) is 4.98 Å². The van der Waals surface area contributed by atoms with Gasteiger partial charge in [0.05, 0.1) is 7.11 Å². The number of carbonyl (C=O) groups is 1. The number of hydrogen-bond acceptors (Lipinski definition) is 4. The van der Waals surface area contributed by atoms with E-state index in [0.717, 1.165) is 5.56 Å². The molecule has 4 nitrogen and oxygen atoms in total. The summed E-state index contributed by atoms with van der Waals surface area (Å²) in [5.74, 6) is -0.237. The number of carbonyl (C=O) groups excluding carboxylic acids is 1. The molecule has 0 amide bonds. The van der Waals surface area contributed by atoms with Gasteiger partial charge in [-0.3, -0.25) is 14.7 Å². The molecule has 0 aromatic carbocycles. The molecule has 0 fully saturated rings. The highest BCUT2D eigenvalue weighted by Crippen LogP contribution is 2.16. The number of methoxy groups -OCH3 is 1. The number of likely N-dealkylation sites (N-methyl/N-ethyl adjacent to an activating group) is 1. The monoisotopic (exact) mass is 222 g/mol. The van der Waals surface area contributed by atoms with Crippen LogP contribution in [0, 0.1) is 0 Å². The largest absolute Gasteiger partial charge is 0.468 e. The van der Waals surface area contributed by atoms with Gasteiger partial charge in [-0.2, -0.15) is 0 Å². The topological polar surface area (TPSA) is 42.4 Å². The minimum Gasteiger partial charge on any atom is -0.468 e. The van der Waals surface area contributed by atoms with Crippen molar-refractivity contribution >= 4 is 5.97 Å². The maximum atomic E-state index is 11.6. The third-order valence-corrected chi connectivity index (χ3v) is 2.78.